The zero-order valence-electron chi connectivity index (χ0n) is 2.72. The Morgan fingerprint density at radius 3 is 1.40 bits per heavy atom. The van der Waals surface area contributed by atoms with Crippen LogP contribution in [-0.4, -0.2) is 17.6 Å². The van der Waals surface area contributed by atoms with Gasteiger partial charge in [0.15, 0.2) is 0 Å². The van der Waals surface area contributed by atoms with Gasteiger partial charge in [0.25, 0.3) is 0 Å². The van der Waals surface area contributed by atoms with Crippen LogP contribution in [0.3, 0.4) is 0 Å². The molecule has 0 rings (SSSR count). The van der Waals surface area contributed by atoms with Crippen LogP contribution in [0.2, 0.25) is 0 Å². The molecule has 3 radical (unpaired) electrons. The Labute approximate surface area is 47.5 Å². The van der Waals surface area contributed by atoms with Gasteiger partial charge in [-0.2, -0.15) is 0 Å². The van der Waals surface area contributed by atoms with Gasteiger partial charge < -0.3 is 4.43 Å². The lowest BCUT2D eigenvalue weighted by atomic mass is 11.8. The maximum absolute atomic E-state index is 4.06. The minimum Gasteiger partial charge on any atom is -0.422 e. The number of hydrogen-bond acceptors (Lipinski definition) is 1. The predicted octanol–water partition coefficient (Wildman–Crippen LogP) is 0.560. The molecule has 0 amide bonds. The van der Waals surface area contributed by atoms with Crippen LogP contribution >= 0.6 is 24.8 Å². The summed E-state index contributed by atoms with van der Waals surface area (Å²) in [4.78, 5) is 0. The molecular weight excluding hydrogens is 127 g/mol. The van der Waals surface area contributed by atoms with Crippen LogP contribution in [0.1, 0.15) is 0 Å². The zero-order valence-corrected chi connectivity index (χ0v) is 5.36. The third-order valence-corrected chi connectivity index (χ3v) is 0. The van der Waals surface area contributed by atoms with Crippen LogP contribution in [0.25, 0.3) is 0 Å². The van der Waals surface area contributed by atoms with E-state index in [2.05, 4.69) is 14.9 Å². The number of hydrogen-bond donors (Lipinski definition) is 0. The Bertz CT molecular complexity index is 9.61. The monoisotopic (exact) mass is 131 g/mol. The van der Waals surface area contributed by atoms with Gasteiger partial charge in [0.2, 0.25) is 10.5 Å². The van der Waals surface area contributed by atoms with Crippen LogP contribution in [0.15, 0.2) is 0 Å². The zero-order chi connectivity index (χ0) is 2.71. The third-order valence-electron chi connectivity index (χ3n) is 0. The van der Waals surface area contributed by atoms with Crippen LogP contribution in [0.5, 0.6) is 0 Å². The molecule has 0 bridgehead atoms. The first-order valence-corrected chi connectivity index (χ1v) is 1.02. The predicted molar refractivity (Wildman–Crippen MR) is 27.3 cm³/mol. The highest BCUT2D eigenvalue weighted by Gasteiger charge is 1.30. The van der Waals surface area contributed by atoms with E-state index in [-0.39, 0.29) is 24.8 Å². The highest BCUT2D eigenvalue weighted by Crippen LogP contribution is 1.24. The fourth-order valence-corrected chi connectivity index (χ4v) is 0. The molecule has 0 saturated heterocycles. The van der Waals surface area contributed by atoms with Gasteiger partial charge >= 0.3 is 0 Å². The molecule has 5 heavy (non-hydrogen) atoms. The average molecular weight is 132 g/mol. The molecule has 0 heterocycles. The van der Waals surface area contributed by atoms with E-state index < -0.39 is 0 Å². The summed E-state index contributed by atoms with van der Waals surface area (Å²) in [5, 5.41) is 0. The summed E-state index contributed by atoms with van der Waals surface area (Å²) >= 11 is 0. The summed E-state index contributed by atoms with van der Waals surface area (Å²) in [7, 11) is 4.22. The normalized spacial score (nSPS) is 3.60. The maximum Gasteiger partial charge on any atom is 0.245 e. The third kappa shape index (κ3) is 63.1. The Morgan fingerprint density at radius 1 is 1.40 bits per heavy atom. The van der Waals surface area contributed by atoms with E-state index in [0.29, 0.717) is 0 Å². The summed E-state index contributed by atoms with van der Waals surface area (Å²) in [5.74, 6) is 0. The van der Waals surface area contributed by atoms with Crippen molar-refractivity contribution in [3.05, 3.63) is 0 Å². The summed E-state index contributed by atoms with van der Waals surface area (Å²) < 4.78 is 4.06. The fourth-order valence-electron chi connectivity index (χ4n) is 0. The highest BCUT2D eigenvalue weighted by atomic mass is 35.5. The molecule has 0 aromatic carbocycles. The Kier molecular flexibility index (Phi) is 74.6. The van der Waals surface area contributed by atoms with Crippen molar-refractivity contribution in [2.75, 3.05) is 7.11 Å². The summed E-state index contributed by atoms with van der Waals surface area (Å²) in [5.41, 5.74) is 0. The quantitative estimate of drug-likeness (QED) is 0.437. The molecule has 4 heteroatoms. The SMILES string of the molecule is CO[Si].Cl.Cl. The average Bonchev–Trinajstić information content (AvgIpc) is 0.918. The molecular formula is CH5Cl2OSi. The van der Waals surface area contributed by atoms with Crippen molar-refractivity contribution in [1.29, 1.82) is 0 Å². The molecule has 0 aliphatic rings. The van der Waals surface area contributed by atoms with Crippen molar-refractivity contribution >= 4 is 35.3 Å². The van der Waals surface area contributed by atoms with Gasteiger partial charge in [0.05, 0.1) is 0 Å². The van der Waals surface area contributed by atoms with Crippen LogP contribution < -0.4 is 0 Å². The topological polar surface area (TPSA) is 9.23 Å². The van der Waals surface area contributed by atoms with Crippen LogP contribution in [0.4, 0.5) is 0 Å². The molecule has 0 aliphatic carbocycles. The van der Waals surface area contributed by atoms with Gasteiger partial charge in [0, 0.05) is 7.11 Å². The molecule has 33 valence electrons. The van der Waals surface area contributed by atoms with E-state index in [1.54, 1.807) is 0 Å². The minimum absolute atomic E-state index is 0. The summed E-state index contributed by atoms with van der Waals surface area (Å²) in [6.07, 6.45) is 0. The van der Waals surface area contributed by atoms with Crippen molar-refractivity contribution in [1.82, 2.24) is 0 Å². The lowest BCUT2D eigenvalue weighted by molar-refractivity contribution is 0.460. The van der Waals surface area contributed by atoms with Crippen LogP contribution in [0, 0.1) is 0 Å². The lowest BCUT2D eigenvalue weighted by Crippen LogP contribution is -1.60. The second kappa shape index (κ2) is 21.8. The van der Waals surface area contributed by atoms with Crippen molar-refractivity contribution in [2.45, 2.75) is 0 Å². The van der Waals surface area contributed by atoms with E-state index in [1.807, 2.05) is 0 Å². The van der Waals surface area contributed by atoms with Gasteiger partial charge in [-0.15, -0.1) is 24.8 Å². The molecule has 0 aromatic rings. The largest absolute Gasteiger partial charge is 0.422 e. The van der Waals surface area contributed by atoms with Gasteiger partial charge in [-0.1, -0.05) is 0 Å². The maximum atomic E-state index is 4.06. The second-order valence-electron chi connectivity index (χ2n) is 0.204. The first-order valence-electron chi connectivity index (χ1n) is 0.612. The van der Waals surface area contributed by atoms with Crippen molar-refractivity contribution in [3.63, 3.8) is 0 Å². The van der Waals surface area contributed by atoms with E-state index >= 15 is 0 Å². The molecule has 0 aromatic heterocycles. The molecule has 0 saturated carbocycles. The number of rotatable bonds is 0. The van der Waals surface area contributed by atoms with Gasteiger partial charge in [-0.05, 0) is 0 Å². The molecule has 0 atom stereocenters. The first kappa shape index (κ1) is 17.1. The second-order valence-corrected chi connectivity index (χ2v) is 0.612. The summed E-state index contributed by atoms with van der Waals surface area (Å²) in [6, 6.07) is 0. The number of halogens is 2. The lowest BCUT2D eigenvalue weighted by Gasteiger charge is -1.59. The summed E-state index contributed by atoms with van der Waals surface area (Å²) in [6.45, 7) is 0. The van der Waals surface area contributed by atoms with E-state index in [4.69, 9.17) is 0 Å². The molecule has 0 N–H and O–H groups in total. The smallest absolute Gasteiger partial charge is 0.245 e. The van der Waals surface area contributed by atoms with E-state index in [1.165, 1.54) is 7.11 Å². The van der Waals surface area contributed by atoms with E-state index in [0.717, 1.165) is 0 Å². The van der Waals surface area contributed by atoms with Crippen molar-refractivity contribution in [3.8, 4) is 0 Å². The van der Waals surface area contributed by atoms with Crippen LogP contribution in [-0.2, 0) is 4.43 Å². The Balaban J connectivity index is -0.0000000200. The Morgan fingerprint density at radius 2 is 1.40 bits per heavy atom. The van der Waals surface area contributed by atoms with Gasteiger partial charge in [-0.25, -0.2) is 0 Å². The minimum atomic E-state index is 0. The molecule has 0 fully saturated rings. The van der Waals surface area contributed by atoms with Gasteiger partial charge in [0.1, 0.15) is 0 Å². The molecule has 0 aliphatic heterocycles. The highest BCUT2D eigenvalue weighted by molar-refractivity contribution is 5.97. The molecule has 1 nitrogen and oxygen atoms in total. The fraction of sp³-hybridized carbons (Fsp3) is 1.00. The van der Waals surface area contributed by atoms with Crippen molar-refractivity contribution in [2.24, 2.45) is 0 Å². The molecule has 0 unspecified atom stereocenters. The van der Waals surface area contributed by atoms with Crippen molar-refractivity contribution < 1.29 is 4.43 Å². The Hall–Kier alpha value is 0.757. The molecule has 0 spiro atoms. The standard InChI is InChI=1S/CH3OSi.2ClH/c1-2-3;;/h1H3;2*1H. The van der Waals surface area contributed by atoms with Gasteiger partial charge in [-0.3, -0.25) is 0 Å². The first-order chi connectivity index (χ1) is 1.41. The van der Waals surface area contributed by atoms with E-state index in [9.17, 15) is 0 Å².